The average molecular weight is 284 g/mol. The van der Waals surface area contributed by atoms with E-state index in [2.05, 4.69) is 22.3 Å². The molecular weight excluding hydrogens is 268 g/mol. The van der Waals surface area contributed by atoms with Crippen LogP contribution in [0.4, 0.5) is 5.69 Å². The van der Waals surface area contributed by atoms with Crippen molar-refractivity contribution < 1.29 is 14.4 Å². The highest BCUT2D eigenvalue weighted by Crippen LogP contribution is 2.18. The summed E-state index contributed by atoms with van der Waals surface area (Å²) in [5.41, 5.74) is 3.43. The smallest absolute Gasteiger partial charge is 0.261 e. The lowest BCUT2D eigenvalue weighted by molar-refractivity contribution is 0.102. The molecule has 2 N–H and O–H groups in total. The van der Waals surface area contributed by atoms with Crippen LogP contribution in [0.5, 0.6) is 0 Å². The van der Waals surface area contributed by atoms with Crippen molar-refractivity contribution in [3.63, 3.8) is 0 Å². The zero-order valence-electron chi connectivity index (χ0n) is 12.2. The van der Waals surface area contributed by atoms with Crippen molar-refractivity contribution in [1.29, 1.82) is 0 Å². The summed E-state index contributed by atoms with van der Waals surface area (Å²) in [7, 11) is 0. The van der Waals surface area contributed by atoms with Crippen molar-refractivity contribution in [3.05, 3.63) is 46.3 Å². The molecular formula is C16H16N2O3. The molecule has 0 saturated heterocycles. The van der Waals surface area contributed by atoms with E-state index >= 15 is 0 Å². The second-order valence-electron chi connectivity index (χ2n) is 4.64. The second-order valence-corrected chi connectivity index (χ2v) is 4.64. The average Bonchev–Trinajstić information content (AvgIpc) is 2.77. The number of aromatic nitrogens is 1. The lowest BCUT2D eigenvalue weighted by Crippen LogP contribution is -2.13. The SMILES string of the molecule is Cc1cc(NC(=O)c2c(C)noc2C)ccc1C#CCO. The number of amides is 1. The van der Waals surface area contributed by atoms with Crippen LogP contribution >= 0.6 is 0 Å². The number of nitrogens with zero attached hydrogens (tertiary/aromatic N) is 1. The van der Waals surface area contributed by atoms with E-state index in [1.165, 1.54) is 0 Å². The predicted octanol–water partition coefficient (Wildman–Crippen LogP) is 2.20. The number of aliphatic hydroxyl groups excluding tert-OH is 1. The topological polar surface area (TPSA) is 75.4 Å². The number of carbonyl (C=O) groups excluding carboxylic acids is 1. The third-order valence-corrected chi connectivity index (χ3v) is 3.05. The highest BCUT2D eigenvalue weighted by molar-refractivity contribution is 6.05. The lowest BCUT2D eigenvalue weighted by Gasteiger charge is -2.07. The molecule has 1 heterocycles. The fraction of sp³-hybridized carbons (Fsp3) is 0.250. The first-order chi connectivity index (χ1) is 10.0. The number of benzene rings is 1. The molecule has 2 aromatic rings. The van der Waals surface area contributed by atoms with Gasteiger partial charge in [0.2, 0.25) is 0 Å². The summed E-state index contributed by atoms with van der Waals surface area (Å²) in [5.74, 6) is 5.69. The number of aryl methyl sites for hydroxylation is 3. The van der Waals surface area contributed by atoms with E-state index in [0.29, 0.717) is 22.7 Å². The van der Waals surface area contributed by atoms with Gasteiger partial charge in [0.05, 0.1) is 5.69 Å². The van der Waals surface area contributed by atoms with Gasteiger partial charge in [-0.05, 0) is 44.5 Å². The monoisotopic (exact) mass is 284 g/mol. The molecule has 0 aliphatic carbocycles. The van der Waals surface area contributed by atoms with Gasteiger partial charge in [-0.15, -0.1) is 0 Å². The Hall–Kier alpha value is -2.58. The zero-order chi connectivity index (χ0) is 15.4. The number of nitrogens with one attached hydrogen (secondary N) is 1. The molecule has 0 unspecified atom stereocenters. The first-order valence-electron chi connectivity index (χ1n) is 6.47. The molecule has 0 saturated carbocycles. The standard InChI is InChI=1S/C16H16N2O3/c1-10-9-14(7-6-13(10)5-4-8-19)17-16(20)15-11(2)18-21-12(15)3/h6-7,9,19H,8H2,1-3H3,(H,17,20). The summed E-state index contributed by atoms with van der Waals surface area (Å²) >= 11 is 0. The lowest BCUT2D eigenvalue weighted by atomic mass is 10.1. The number of hydrogen-bond donors (Lipinski definition) is 2. The molecule has 0 spiro atoms. The number of rotatable bonds is 2. The minimum Gasteiger partial charge on any atom is -0.384 e. The molecule has 0 radical (unpaired) electrons. The minimum absolute atomic E-state index is 0.177. The first-order valence-corrected chi connectivity index (χ1v) is 6.47. The number of carbonyl (C=O) groups is 1. The zero-order valence-corrected chi connectivity index (χ0v) is 12.2. The number of aliphatic hydroxyl groups is 1. The summed E-state index contributed by atoms with van der Waals surface area (Å²) in [6.07, 6.45) is 0. The normalized spacial score (nSPS) is 9.90. The predicted molar refractivity (Wildman–Crippen MR) is 79.1 cm³/mol. The van der Waals surface area contributed by atoms with Gasteiger partial charge in [0, 0.05) is 11.3 Å². The van der Waals surface area contributed by atoms with Gasteiger partial charge in [0.1, 0.15) is 17.9 Å². The Morgan fingerprint density at radius 1 is 1.38 bits per heavy atom. The Morgan fingerprint density at radius 3 is 2.71 bits per heavy atom. The van der Waals surface area contributed by atoms with E-state index in [0.717, 1.165) is 11.1 Å². The molecule has 5 heteroatoms. The Kier molecular flexibility index (Phi) is 4.41. The minimum atomic E-state index is -0.250. The van der Waals surface area contributed by atoms with Crippen LogP contribution in [0.1, 0.15) is 32.9 Å². The van der Waals surface area contributed by atoms with Crippen LogP contribution in [0, 0.1) is 32.6 Å². The van der Waals surface area contributed by atoms with Gasteiger partial charge in [-0.1, -0.05) is 17.0 Å². The van der Waals surface area contributed by atoms with Gasteiger partial charge in [-0.25, -0.2) is 0 Å². The van der Waals surface area contributed by atoms with Crippen LogP contribution in [0.15, 0.2) is 22.7 Å². The maximum absolute atomic E-state index is 12.2. The van der Waals surface area contributed by atoms with Gasteiger partial charge in [0.15, 0.2) is 0 Å². The number of hydrogen-bond acceptors (Lipinski definition) is 4. The Morgan fingerprint density at radius 2 is 2.14 bits per heavy atom. The van der Waals surface area contributed by atoms with E-state index < -0.39 is 0 Å². The van der Waals surface area contributed by atoms with Gasteiger partial charge >= 0.3 is 0 Å². The van der Waals surface area contributed by atoms with Crippen LogP contribution in [-0.4, -0.2) is 22.8 Å². The maximum atomic E-state index is 12.2. The molecule has 0 bridgehead atoms. The van der Waals surface area contributed by atoms with Crippen molar-refractivity contribution in [2.45, 2.75) is 20.8 Å². The molecule has 1 aromatic carbocycles. The molecule has 5 nitrogen and oxygen atoms in total. The molecule has 1 amide bonds. The van der Waals surface area contributed by atoms with Crippen LogP contribution in [0.25, 0.3) is 0 Å². The van der Waals surface area contributed by atoms with Crippen LogP contribution in [-0.2, 0) is 0 Å². The Balaban J connectivity index is 2.21. The van der Waals surface area contributed by atoms with Crippen LogP contribution in [0.2, 0.25) is 0 Å². The molecule has 108 valence electrons. The molecule has 0 aliphatic rings. The van der Waals surface area contributed by atoms with Gasteiger partial charge in [-0.3, -0.25) is 4.79 Å². The summed E-state index contributed by atoms with van der Waals surface area (Å²) in [4.78, 5) is 12.2. The molecule has 0 fully saturated rings. The van der Waals surface area contributed by atoms with E-state index in [4.69, 9.17) is 9.63 Å². The van der Waals surface area contributed by atoms with Crippen molar-refractivity contribution in [1.82, 2.24) is 5.16 Å². The van der Waals surface area contributed by atoms with E-state index in [1.54, 1.807) is 26.0 Å². The molecule has 2 rings (SSSR count). The molecule has 1 aromatic heterocycles. The van der Waals surface area contributed by atoms with E-state index in [1.807, 2.05) is 13.0 Å². The summed E-state index contributed by atoms with van der Waals surface area (Å²) in [5, 5.41) is 15.3. The second kappa shape index (κ2) is 6.25. The third kappa shape index (κ3) is 3.30. The van der Waals surface area contributed by atoms with E-state index in [9.17, 15) is 4.79 Å². The summed E-state index contributed by atoms with van der Waals surface area (Å²) in [6, 6.07) is 5.41. The highest BCUT2D eigenvalue weighted by atomic mass is 16.5. The summed E-state index contributed by atoms with van der Waals surface area (Å²) in [6.45, 7) is 5.15. The van der Waals surface area contributed by atoms with Crippen molar-refractivity contribution in [2.75, 3.05) is 11.9 Å². The fourth-order valence-electron chi connectivity index (χ4n) is 2.02. The highest BCUT2D eigenvalue weighted by Gasteiger charge is 2.17. The van der Waals surface area contributed by atoms with Gasteiger partial charge in [0.25, 0.3) is 5.91 Å². The van der Waals surface area contributed by atoms with Gasteiger partial charge in [-0.2, -0.15) is 0 Å². The van der Waals surface area contributed by atoms with Crippen LogP contribution < -0.4 is 5.32 Å². The first kappa shape index (κ1) is 14.8. The fourth-order valence-corrected chi connectivity index (χ4v) is 2.02. The Labute approximate surface area is 123 Å². The quantitative estimate of drug-likeness (QED) is 0.829. The van der Waals surface area contributed by atoms with E-state index in [-0.39, 0.29) is 12.5 Å². The molecule has 0 atom stereocenters. The third-order valence-electron chi connectivity index (χ3n) is 3.05. The van der Waals surface area contributed by atoms with Gasteiger partial charge < -0.3 is 14.9 Å². The van der Waals surface area contributed by atoms with Crippen molar-refractivity contribution in [2.24, 2.45) is 0 Å². The maximum Gasteiger partial charge on any atom is 0.261 e. The molecule has 21 heavy (non-hydrogen) atoms. The molecule has 0 aliphatic heterocycles. The van der Waals surface area contributed by atoms with Crippen molar-refractivity contribution >= 4 is 11.6 Å². The van der Waals surface area contributed by atoms with Crippen LogP contribution in [0.3, 0.4) is 0 Å². The van der Waals surface area contributed by atoms with Crippen molar-refractivity contribution in [3.8, 4) is 11.8 Å². The Bertz CT molecular complexity index is 716. The largest absolute Gasteiger partial charge is 0.384 e. The summed E-state index contributed by atoms with van der Waals surface area (Å²) < 4.78 is 4.99. The number of anilines is 1.